The molecule has 1 saturated heterocycles. The van der Waals surface area contributed by atoms with Gasteiger partial charge in [-0.2, -0.15) is 4.39 Å². The summed E-state index contributed by atoms with van der Waals surface area (Å²) in [6.07, 6.45) is 2.80. The maximum Gasteiger partial charge on any atom is 0.214 e. The van der Waals surface area contributed by atoms with Crippen LogP contribution in [0.4, 0.5) is 4.39 Å². The minimum atomic E-state index is -1.20. The molecule has 0 bridgehead atoms. The molecule has 1 atom stereocenters. The largest absolute Gasteiger partial charge is 0.377 e. The van der Waals surface area contributed by atoms with Crippen LogP contribution in [0.5, 0.6) is 0 Å². The lowest BCUT2D eigenvalue weighted by Gasteiger charge is -2.32. The third-order valence-electron chi connectivity index (χ3n) is 2.88. The van der Waals surface area contributed by atoms with Gasteiger partial charge in [0.1, 0.15) is 6.04 Å². The Balaban J connectivity index is 1.83. The van der Waals surface area contributed by atoms with E-state index in [1.807, 2.05) is 0 Å². The number of rotatable bonds is 2. The number of halogens is 1. The summed E-state index contributed by atoms with van der Waals surface area (Å²) in [6, 6.07) is 2.89. The number of hydrogen-bond acceptors (Lipinski definition) is 5. The number of guanidine groups is 1. The van der Waals surface area contributed by atoms with E-state index in [1.54, 1.807) is 0 Å². The molecule has 3 heterocycles. The molecular formula is C11H13FN6O. The molecule has 3 rings (SSSR count). The molecule has 1 aromatic heterocycles. The first kappa shape index (κ1) is 12.0. The molecular weight excluding hydrogens is 251 g/mol. The van der Waals surface area contributed by atoms with E-state index in [-0.39, 0.29) is 6.04 Å². The molecule has 0 radical (unpaired) electrons. The van der Waals surface area contributed by atoms with Gasteiger partial charge < -0.3 is 15.4 Å². The summed E-state index contributed by atoms with van der Waals surface area (Å²) >= 11 is 0. The Hall–Kier alpha value is -2.06. The molecule has 0 aliphatic carbocycles. The van der Waals surface area contributed by atoms with Gasteiger partial charge in [-0.1, -0.05) is 0 Å². The Morgan fingerprint density at radius 3 is 2.95 bits per heavy atom. The molecule has 19 heavy (non-hydrogen) atoms. The van der Waals surface area contributed by atoms with Crippen LogP contribution < -0.4 is 16.4 Å². The van der Waals surface area contributed by atoms with Gasteiger partial charge in [0.25, 0.3) is 0 Å². The minimum Gasteiger partial charge on any atom is -0.377 e. The van der Waals surface area contributed by atoms with Crippen molar-refractivity contribution in [3.05, 3.63) is 29.8 Å². The highest BCUT2D eigenvalue weighted by Crippen LogP contribution is 2.17. The van der Waals surface area contributed by atoms with E-state index in [9.17, 15) is 4.39 Å². The van der Waals surface area contributed by atoms with E-state index in [0.29, 0.717) is 24.7 Å². The van der Waals surface area contributed by atoms with Crippen molar-refractivity contribution in [2.45, 2.75) is 11.8 Å². The van der Waals surface area contributed by atoms with Gasteiger partial charge in [0, 0.05) is 11.8 Å². The van der Waals surface area contributed by atoms with Crippen LogP contribution in [0, 0.1) is 5.95 Å². The number of aliphatic imine (C=N–C) groups is 2. The lowest BCUT2D eigenvalue weighted by atomic mass is 10.1. The molecule has 0 saturated carbocycles. The van der Waals surface area contributed by atoms with Crippen molar-refractivity contribution >= 4 is 12.3 Å². The van der Waals surface area contributed by atoms with Gasteiger partial charge in [0.2, 0.25) is 11.7 Å². The van der Waals surface area contributed by atoms with Gasteiger partial charge in [-0.3, -0.25) is 5.73 Å². The van der Waals surface area contributed by atoms with Crippen molar-refractivity contribution in [1.29, 1.82) is 0 Å². The van der Waals surface area contributed by atoms with Crippen LogP contribution in [0.15, 0.2) is 28.3 Å². The quantitative estimate of drug-likeness (QED) is 0.612. The lowest BCUT2D eigenvalue weighted by molar-refractivity contribution is 0.0129. The molecule has 1 unspecified atom stereocenters. The van der Waals surface area contributed by atoms with Gasteiger partial charge >= 0.3 is 0 Å². The number of nitrogens with zero attached hydrogens (tertiary/aromatic N) is 3. The molecule has 4 N–H and O–H groups in total. The van der Waals surface area contributed by atoms with Gasteiger partial charge in [0.05, 0.1) is 19.6 Å². The van der Waals surface area contributed by atoms with Gasteiger partial charge in [-0.25, -0.2) is 15.0 Å². The maximum absolute atomic E-state index is 12.8. The SMILES string of the molecule is NC1(c2ccc(F)nc2)N=CNC(=NC2COC2)N1. The Morgan fingerprint density at radius 2 is 2.32 bits per heavy atom. The standard InChI is InChI=1S/C11H13FN6O/c12-9-2-1-7(3-14-9)11(13)16-6-15-10(18-11)17-8-4-19-5-8/h1-3,6,8H,4-5,13H2,(H2,15,16,17,18). The van der Waals surface area contributed by atoms with E-state index in [2.05, 4.69) is 25.6 Å². The molecule has 2 aliphatic rings. The van der Waals surface area contributed by atoms with Crippen molar-refractivity contribution in [3.63, 3.8) is 0 Å². The summed E-state index contributed by atoms with van der Waals surface area (Å²) in [4.78, 5) is 12.1. The van der Waals surface area contributed by atoms with Crippen LogP contribution in [0.2, 0.25) is 0 Å². The fourth-order valence-electron chi connectivity index (χ4n) is 1.74. The number of nitrogens with two attached hydrogens (primary N) is 1. The average Bonchev–Trinajstić information content (AvgIpc) is 2.35. The van der Waals surface area contributed by atoms with Gasteiger partial charge in [-0.05, 0) is 12.1 Å². The van der Waals surface area contributed by atoms with E-state index in [4.69, 9.17) is 10.5 Å². The maximum atomic E-state index is 12.8. The normalized spacial score (nSPS) is 28.6. The molecule has 100 valence electrons. The molecule has 8 heteroatoms. The van der Waals surface area contributed by atoms with Gasteiger partial charge in [-0.15, -0.1) is 0 Å². The topological polar surface area (TPSA) is 96.9 Å². The van der Waals surface area contributed by atoms with Crippen molar-refractivity contribution in [1.82, 2.24) is 15.6 Å². The first-order valence-electron chi connectivity index (χ1n) is 5.80. The van der Waals surface area contributed by atoms with E-state index in [1.165, 1.54) is 24.7 Å². The van der Waals surface area contributed by atoms with Crippen molar-refractivity contribution in [2.75, 3.05) is 13.2 Å². The number of hydrogen-bond donors (Lipinski definition) is 3. The number of nitrogens with one attached hydrogen (secondary N) is 2. The minimum absolute atomic E-state index is 0.122. The molecule has 1 fully saturated rings. The molecule has 2 aliphatic heterocycles. The molecule has 1 aromatic rings. The molecule has 7 nitrogen and oxygen atoms in total. The van der Waals surface area contributed by atoms with E-state index in [0.717, 1.165) is 0 Å². The highest BCUT2D eigenvalue weighted by atomic mass is 19.1. The van der Waals surface area contributed by atoms with Crippen LogP contribution >= 0.6 is 0 Å². The second-order valence-corrected chi connectivity index (χ2v) is 4.33. The van der Waals surface area contributed by atoms with Crippen LogP contribution in [-0.2, 0) is 10.5 Å². The zero-order valence-corrected chi connectivity index (χ0v) is 10.0. The van der Waals surface area contributed by atoms with Crippen molar-refractivity contribution in [3.8, 4) is 0 Å². The average molecular weight is 264 g/mol. The monoisotopic (exact) mass is 264 g/mol. The molecule has 0 amide bonds. The summed E-state index contributed by atoms with van der Waals surface area (Å²) < 4.78 is 17.9. The van der Waals surface area contributed by atoms with E-state index >= 15 is 0 Å². The third-order valence-corrected chi connectivity index (χ3v) is 2.88. The predicted molar refractivity (Wildman–Crippen MR) is 66.9 cm³/mol. The fraction of sp³-hybridized carbons (Fsp3) is 0.364. The number of ether oxygens (including phenoxy) is 1. The van der Waals surface area contributed by atoms with Crippen molar-refractivity contribution in [2.24, 2.45) is 15.7 Å². The Bertz CT molecular complexity index is 526. The summed E-state index contributed by atoms with van der Waals surface area (Å²) in [7, 11) is 0. The zero-order valence-electron chi connectivity index (χ0n) is 10.0. The highest BCUT2D eigenvalue weighted by Gasteiger charge is 2.31. The number of pyridine rings is 1. The fourth-order valence-corrected chi connectivity index (χ4v) is 1.74. The third kappa shape index (κ3) is 2.40. The Labute approximate surface area is 108 Å². The van der Waals surface area contributed by atoms with Gasteiger partial charge in [0.15, 0.2) is 5.96 Å². The Kier molecular flexibility index (Phi) is 2.88. The van der Waals surface area contributed by atoms with Crippen LogP contribution in [-0.4, -0.2) is 36.5 Å². The summed E-state index contributed by atoms with van der Waals surface area (Å²) in [5.74, 6) is -1.25. The zero-order chi connectivity index (χ0) is 13.3. The number of aromatic nitrogens is 1. The smallest absolute Gasteiger partial charge is 0.214 e. The summed E-state index contributed by atoms with van der Waals surface area (Å²) in [5.41, 5.74) is 6.68. The first-order chi connectivity index (χ1) is 9.16. The molecule has 0 aromatic carbocycles. The van der Waals surface area contributed by atoms with Crippen LogP contribution in [0.3, 0.4) is 0 Å². The summed E-state index contributed by atoms with van der Waals surface area (Å²) in [5, 5.41) is 5.84. The van der Waals surface area contributed by atoms with Crippen LogP contribution in [0.1, 0.15) is 5.56 Å². The van der Waals surface area contributed by atoms with Crippen LogP contribution in [0.25, 0.3) is 0 Å². The Morgan fingerprint density at radius 1 is 1.47 bits per heavy atom. The first-order valence-corrected chi connectivity index (χ1v) is 5.80. The molecule has 0 spiro atoms. The summed E-state index contributed by atoms with van der Waals surface area (Å²) in [6.45, 7) is 1.19. The lowest BCUT2D eigenvalue weighted by Crippen LogP contribution is -2.59. The predicted octanol–water partition coefficient (Wildman–Crippen LogP) is -0.734. The highest BCUT2D eigenvalue weighted by molar-refractivity contribution is 5.92. The van der Waals surface area contributed by atoms with E-state index < -0.39 is 11.7 Å². The van der Waals surface area contributed by atoms with Crippen molar-refractivity contribution < 1.29 is 9.13 Å². The second kappa shape index (κ2) is 4.56. The second-order valence-electron chi connectivity index (χ2n) is 4.33.